The minimum atomic E-state index is -0.0730. The maximum absolute atomic E-state index is 11.2. The van der Waals surface area contributed by atoms with Crippen LogP contribution in [0.3, 0.4) is 0 Å². The minimum absolute atomic E-state index is 0.0730. The van der Waals surface area contributed by atoms with Gasteiger partial charge < -0.3 is 15.6 Å². The van der Waals surface area contributed by atoms with Gasteiger partial charge in [0.2, 0.25) is 0 Å². The summed E-state index contributed by atoms with van der Waals surface area (Å²) >= 11 is 0. The summed E-state index contributed by atoms with van der Waals surface area (Å²) in [4.78, 5) is 18.2. The Morgan fingerprint density at radius 2 is 2.24 bits per heavy atom. The highest BCUT2D eigenvalue weighted by atomic mass is 16.1. The van der Waals surface area contributed by atoms with Crippen molar-refractivity contribution in [2.24, 2.45) is 5.92 Å². The van der Waals surface area contributed by atoms with E-state index >= 15 is 0 Å². The van der Waals surface area contributed by atoms with E-state index in [1.807, 2.05) is 0 Å². The summed E-state index contributed by atoms with van der Waals surface area (Å²) < 4.78 is 0. The van der Waals surface area contributed by atoms with E-state index in [-0.39, 0.29) is 5.56 Å². The molecule has 1 aromatic heterocycles. The van der Waals surface area contributed by atoms with Gasteiger partial charge in [-0.25, -0.2) is 4.98 Å². The molecule has 2 heterocycles. The maximum Gasteiger partial charge on any atom is 0.251 e. The van der Waals surface area contributed by atoms with Crippen molar-refractivity contribution in [3.8, 4) is 0 Å². The summed E-state index contributed by atoms with van der Waals surface area (Å²) in [6, 6.07) is 1.56. The largest absolute Gasteiger partial charge is 0.317 e. The third-order valence-electron chi connectivity index (χ3n) is 3.11. The molecular formula is C12H20N4O. The van der Waals surface area contributed by atoms with Crippen LogP contribution in [0, 0.1) is 12.8 Å². The highest BCUT2D eigenvalue weighted by Crippen LogP contribution is 2.09. The van der Waals surface area contributed by atoms with Crippen molar-refractivity contribution in [2.75, 3.05) is 19.6 Å². The van der Waals surface area contributed by atoms with E-state index in [0.29, 0.717) is 12.4 Å². The van der Waals surface area contributed by atoms with E-state index in [1.54, 1.807) is 13.0 Å². The lowest BCUT2D eigenvalue weighted by Crippen LogP contribution is -2.33. The first-order valence-electron chi connectivity index (χ1n) is 6.22. The Kier molecular flexibility index (Phi) is 4.28. The second-order valence-electron chi connectivity index (χ2n) is 4.65. The summed E-state index contributed by atoms with van der Waals surface area (Å²) in [5, 5.41) is 6.73. The van der Waals surface area contributed by atoms with Crippen LogP contribution in [0.25, 0.3) is 0 Å². The Labute approximate surface area is 101 Å². The predicted molar refractivity (Wildman–Crippen MR) is 66.9 cm³/mol. The van der Waals surface area contributed by atoms with Crippen molar-refractivity contribution in [1.29, 1.82) is 0 Å². The van der Waals surface area contributed by atoms with Crippen LogP contribution in [0.1, 0.15) is 24.4 Å². The maximum atomic E-state index is 11.2. The number of hydrogen-bond acceptors (Lipinski definition) is 4. The second kappa shape index (κ2) is 5.93. The molecule has 1 fully saturated rings. The highest BCUT2D eigenvalue weighted by molar-refractivity contribution is 5.01. The van der Waals surface area contributed by atoms with Crippen molar-refractivity contribution >= 4 is 0 Å². The molecule has 0 aliphatic carbocycles. The summed E-state index contributed by atoms with van der Waals surface area (Å²) in [6.07, 6.45) is 2.46. The van der Waals surface area contributed by atoms with Crippen molar-refractivity contribution in [2.45, 2.75) is 26.3 Å². The average Bonchev–Trinajstić information content (AvgIpc) is 2.29. The van der Waals surface area contributed by atoms with Gasteiger partial charge in [-0.05, 0) is 45.3 Å². The standard InChI is InChI=1S/C12H20N4O/c1-9-15-11(6-12(17)16-9)8-14-7-10-2-4-13-5-3-10/h6,10,13-14H,2-5,7-8H2,1H3,(H,15,16,17). The first-order chi connectivity index (χ1) is 8.24. The number of aromatic nitrogens is 2. The smallest absolute Gasteiger partial charge is 0.251 e. The van der Waals surface area contributed by atoms with Crippen LogP contribution in [0.15, 0.2) is 10.9 Å². The van der Waals surface area contributed by atoms with Gasteiger partial charge in [-0.1, -0.05) is 0 Å². The summed E-state index contributed by atoms with van der Waals surface area (Å²) in [5.41, 5.74) is 0.747. The van der Waals surface area contributed by atoms with E-state index in [4.69, 9.17) is 0 Å². The lowest BCUT2D eigenvalue weighted by Gasteiger charge is -2.22. The zero-order valence-electron chi connectivity index (χ0n) is 10.3. The van der Waals surface area contributed by atoms with Crippen LogP contribution in [0.2, 0.25) is 0 Å². The van der Waals surface area contributed by atoms with Gasteiger partial charge in [0.05, 0.1) is 5.69 Å². The fourth-order valence-electron chi connectivity index (χ4n) is 2.22. The molecule has 5 heteroatoms. The quantitative estimate of drug-likeness (QED) is 0.697. The number of aryl methyl sites for hydroxylation is 1. The van der Waals surface area contributed by atoms with Crippen molar-refractivity contribution in [1.82, 2.24) is 20.6 Å². The molecule has 3 N–H and O–H groups in total. The Morgan fingerprint density at radius 3 is 2.94 bits per heavy atom. The molecule has 0 spiro atoms. The van der Waals surface area contributed by atoms with Gasteiger partial charge >= 0.3 is 0 Å². The second-order valence-corrected chi connectivity index (χ2v) is 4.65. The number of nitrogens with one attached hydrogen (secondary N) is 3. The molecule has 0 radical (unpaired) electrons. The zero-order chi connectivity index (χ0) is 12.1. The summed E-state index contributed by atoms with van der Waals surface area (Å²) in [6.45, 7) is 5.73. The average molecular weight is 236 g/mol. The molecular weight excluding hydrogens is 216 g/mol. The van der Waals surface area contributed by atoms with Crippen molar-refractivity contribution in [3.05, 3.63) is 27.9 Å². The number of hydrogen-bond donors (Lipinski definition) is 3. The third kappa shape index (κ3) is 3.94. The van der Waals surface area contributed by atoms with Gasteiger partial charge in [-0.3, -0.25) is 4.79 Å². The molecule has 0 saturated carbocycles. The number of nitrogens with zero attached hydrogens (tertiary/aromatic N) is 1. The van der Waals surface area contributed by atoms with E-state index in [9.17, 15) is 4.79 Å². The molecule has 1 aliphatic rings. The van der Waals surface area contributed by atoms with Gasteiger partial charge in [-0.15, -0.1) is 0 Å². The van der Waals surface area contributed by atoms with Crippen molar-refractivity contribution in [3.63, 3.8) is 0 Å². The molecule has 94 valence electrons. The molecule has 17 heavy (non-hydrogen) atoms. The van der Waals surface area contributed by atoms with Crippen LogP contribution in [-0.2, 0) is 6.54 Å². The van der Waals surface area contributed by atoms with E-state index in [2.05, 4.69) is 20.6 Å². The molecule has 1 aliphatic heterocycles. The van der Waals surface area contributed by atoms with Gasteiger partial charge in [0, 0.05) is 12.6 Å². The van der Waals surface area contributed by atoms with Crippen LogP contribution in [-0.4, -0.2) is 29.6 Å². The number of piperidine rings is 1. The van der Waals surface area contributed by atoms with Crippen molar-refractivity contribution < 1.29 is 0 Å². The Hall–Kier alpha value is -1.20. The summed E-state index contributed by atoms with van der Waals surface area (Å²) in [5.74, 6) is 1.43. The summed E-state index contributed by atoms with van der Waals surface area (Å²) in [7, 11) is 0. The first kappa shape index (κ1) is 12.3. The molecule has 5 nitrogen and oxygen atoms in total. The monoisotopic (exact) mass is 236 g/mol. The SMILES string of the molecule is Cc1nc(CNCC2CCNCC2)cc(=O)[nH]1. The zero-order valence-corrected chi connectivity index (χ0v) is 10.3. The van der Waals surface area contributed by atoms with Crippen LogP contribution < -0.4 is 16.2 Å². The van der Waals surface area contributed by atoms with Gasteiger partial charge in [0.25, 0.3) is 5.56 Å². The Morgan fingerprint density at radius 1 is 1.47 bits per heavy atom. The van der Waals surface area contributed by atoms with Crippen LogP contribution in [0.5, 0.6) is 0 Å². The fraction of sp³-hybridized carbons (Fsp3) is 0.667. The van der Waals surface area contributed by atoms with Gasteiger partial charge in [-0.2, -0.15) is 0 Å². The third-order valence-corrected chi connectivity index (χ3v) is 3.11. The Balaban J connectivity index is 1.79. The van der Waals surface area contributed by atoms with E-state index in [0.717, 1.165) is 31.2 Å². The van der Waals surface area contributed by atoms with E-state index in [1.165, 1.54) is 12.8 Å². The first-order valence-corrected chi connectivity index (χ1v) is 6.22. The normalized spacial score (nSPS) is 17.2. The molecule has 0 unspecified atom stereocenters. The molecule has 1 aromatic rings. The minimum Gasteiger partial charge on any atom is -0.317 e. The lowest BCUT2D eigenvalue weighted by atomic mass is 9.98. The highest BCUT2D eigenvalue weighted by Gasteiger charge is 2.12. The molecule has 0 bridgehead atoms. The predicted octanol–water partition coefficient (Wildman–Crippen LogP) is 0.168. The topological polar surface area (TPSA) is 69.8 Å². The van der Waals surface area contributed by atoms with Gasteiger partial charge in [0.1, 0.15) is 5.82 Å². The Bertz CT molecular complexity index is 409. The molecule has 0 atom stereocenters. The molecule has 2 rings (SSSR count). The number of rotatable bonds is 4. The number of H-pyrrole nitrogens is 1. The molecule has 0 aromatic carbocycles. The van der Waals surface area contributed by atoms with Crippen LogP contribution >= 0.6 is 0 Å². The molecule has 0 amide bonds. The lowest BCUT2D eigenvalue weighted by molar-refractivity contribution is 0.356. The number of aromatic amines is 1. The molecule has 1 saturated heterocycles. The van der Waals surface area contributed by atoms with Gasteiger partial charge in [0.15, 0.2) is 0 Å². The fourth-order valence-corrected chi connectivity index (χ4v) is 2.22. The van der Waals surface area contributed by atoms with Crippen LogP contribution in [0.4, 0.5) is 0 Å². The van der Waals surface area contributed by atoms with E-state index < -0.39 is 0 Å².